The van der Waals surface area contributed by atoms with Crippen LogP contribution in [0.5, 0.6) is 5.75 Å². The second-order valence-electron chi connectivity index (χ2n) is 4.72. The van der Waals surface area contributed by atoms with Crippen LogP contribution in [0.1, 0.15) is 13.3 Å². The van der Waals surface area contributed by atoms with E-state index in [4.69, 9.17) is 4.74 Å². The Balaban J connectivity index is 2.50. The molecule has 2 rings (SSSR count). The second-order valence-corrected chi connectivity index (χ2v) is 6.46. The van der Waals surface area contributed by atoms with Crippen LogP contribution in [-0.2, 0) is 10.0 Å². The van der Waals surface area contributed by atoms with Gasteiger partial charge in [-0.25, -0.2) is 13.4 Å². The van der Waals surface area contributed by atoms with Gasteiger partial charge in [-0.3, -0.25) is 9.52 Å². The quantitative estimate of drug-likeness (QED) is 0.841. The monoisotopic (exact) mass is 323 g/mol. The molecule has 1 heterocycles. The third-order valence-corrected chi connectivity index (χ3v) is 3.28. The van der Waals surface area contributed by atoms with E-state index in [2.05, 4.69) is 14.7 Å². The zero-order valence-electron chi connectivity index (χ0n) is 12.3. The van der Waals surface area contributed by atoms with Crippen LogP contribution in [0.4, 0.5) is 5.69 Å². The highest BCUT2D eigenvalue weighted by Gasteiger charge is 2.12. The van der Waals surface area contributed by atoms with E-state index >= 15 is 0 Å². The Bertz CT molecular complexity index is 815. The van der Waals surface area contributed by atoms with Gasteiger partial charge in [-0.2, -0.15) is 0 Å². The van der Waals surface area contributed by atoms with Crippen LogP contribution in [0.25, 0.3) is 11.4 Å². The highest BCUT2D eigenvalue weighted by molar-refractivity contribution is 7.92. The third kappa shape index (κ3) is 4.32. The molecule has 0 amide bonds. The van der Waals surface area contributed by atoms with Crippen molar-refractivity contribution in [1.29, 1.82) is 0 Å². The summed E-state index contributed by atoms with van der Waals surface area (Å²) in [6, 6.07) is 6.11. The predicted molar refractivity (Wildman–Crippen MR) is 84.5 cm³/mol. The van der Waals surface area contributed by atoms with Gasteiger partial charge in [0.1, 0.15) is 11.6 Å². The molecular weight excluding hydrogens is 306 g/mol. The third-order valence-electron chi connectivity index (χ3n) is 2.67. The molecule has 2 aromatic rings. The molecular formula is C14H17N3O4S. The predicted octanol–water partition coefficient (Wildman–Crippen LogP) is 1.60. The molecule has 0 aliphatic carbocycles. The van der Waals surface area contributed by atoms with E-state index in [1.807, 2.05) is 6.92 Å². The molecule has 22 heavy (non-hydrogen) atoms. The lowest BCUT2D eigenvalue weighted by atomic mass is 10.1. The van der Waals surface area contributed by atoms with Crippen molar-refractivity contribution in [3.8, 4) is 17.1 Å². The smallest absolute Gasteiger partial charge is 0.251 e. The van der Waals surface area contributed by atoms with Crippen LogP contribution in [0, 0.1) is 0 Å². The van der Waals surface area contributed by atoms with Crippen LogP contribution in [0.15, 0.2) is 35.3 Å². The highest BCUT2D eigenvalue weighted by Crippen LogP contribution is 2.30. The minimum atomic E-state index is -3.40. The number of hydrogen-bond donors (Lipinski definition) is 2. The van der Waals surface area contributed by atoms with E-state index in [9.17, 15) is 13.2 Å². The average molecular weight is 323 g/mol. The first kappa shape index (κ1) is 16.0. The van der Waals surface area contributed by atoms with Gasteiger partial charge in [0, 0.05) is 18.0 Å². The molecule has 0 aliphatic heterocycles. The summed E-state index contributed by atoms with van der Waals surface area (Å²) in [5.74, 6) is 0.839. The van der Waals surface area contributed by atoms with Crippen molar-refractivity contribution < 1.29 is 13.2 Å². The zero-order valence-corrected chi connectivity index (χ0v) is 13.1. The number of benzene rings is 1. The van der Waals surface area contributed by atoms with Gasteiger partial charge in [-0.15, -0.1) is 0 Å². The fourth-order valence-corrected chi connectivity index (χ4v) is 2.39. The van der Waals surface area contributed by atoms with Crippen LogP contribution >= 0.6 is 0 Å². The molecule has 0 fully saturated rings. The van der Waals surface area contributed by atoms with Gasteiger partial charge in [0.25, 0.3) is 5.56 Å². The Labute approximate surface area is 128 Å². The summed E-state index contributed by atoms with van der Waals surface area (Å²) in [7, 11) is -3.40. The summed E-state index contributed by atoms with van der Waals surface area (Å²) in [5, 5.41) is 0. The SMILES string of the molecule is CCCOc1ccc(NS(C)(=O)=O)cc1-c1nccc(=O)[nH]1. The van der Waals surface area contributed by atoms with Crippen molar-refractivity contribution in [3.05, 3.63) is 40.8 Å². The van der Waals surface area contributed by atoms with E-state index < -0.39 is 10.0 Å². The van der Waals surface area contributed by atoms with Gasteiger partial charge in [0.2, 0.25) is 10.0 Å². The number of ether oxygens (including phenoxy) is 1. The largest absolute Gasteiger partial charge is 0.493 e. The lowest BCUT2D eigenvalue weighted by Gasteiger charge is -2.12. The first-order valence-electron chi connectivity index (χ1n) is 6.69. The number of H-pyrrole nitrogens is 1. The van der Waals surface area contributed by atoms with Crippen LogP contribution in [0.3, 0.4) is 0 Å². The van der Waals surface area contributed by atoms with E-state index in [-0.39, 0.29) is 5.56 Å². The molecule has 1 aromatic heterocycles. The molecule has 0 bridgehead atoms. The molecule has 8 heteroatoms. The lowest BCUT2D eigenvalue weighted by Crippen LogP contribution is -2.11. The van der Waals surface area contributed by atoms with Gasteiger partial charge in [0.05, 0.1) is 18.4 Å². The van der Waals surface area contributed by atoms with Gasteiger partial charge in [-0.1, -0.05) is 6.92 Å². The van der Waals surface area contributed by atoms with Crippen molar-refractivity contribution in [2.75, 3.05) is 17.6 Å². The van der Waals surface area contributed by atoms with Crippen molar-refractivity contribution in [3.63, 3.8) is 0 Å². The number of nitrogens with zero attached hydrogens (tertiary/aromatic N) is 1. The standard InChI is InChI=1S/C14H17N3O4S/c1-3-8-21-12-5-4-10(17-22(2,19)20)9-11(12)14-15-7-6-13(18)16-14/h4-7,9,17H,3,8H2,1-2H3,(H,15,16,18). The summed E-state index contributed by atoms with van der Waals surface area (Å²) in [5.41, 5.74) is 0.584. The molecule has 0 radical (unpaired) electrons. The molecule has 1 aromatic carbocycles. The summed E-state index contributed by atoms with van der Waals surface area (Å²) >= 11 is 0. The maximum atomic E-state index is 11.5. The summed E-state index contributed by atoms with van der Waals surface area (Å²) in [6.07, 6.45) is 3.27. The molecule has 0 saturated heterocycles. The molecule has 2 N–H and O–H groups in total. The Kier molecular flexibility index (Phi) is 4.81. The Morgan fingerprint density at radius 3 is 2.73 bits per heavy atom. The van der Waals surface area contributed by atoms with Crippen molar-refractivity contribution >= 4 is 15.7 Å². The maximum absolute atomic E-state index is 11.5. The molecule has 0 aliphatic rings. The van der Waals surface area contributed by atoms with E-state index in [1.165, 1.54) is 12.3 Å². The molecule has 0 saturated carbocycles. The van der Waals surface area contributed by atoms with Crippen LogP contribution < -0.4 is 15.0 Å². The topological polar surface area (TPSA) is 101 Å². The molecule has 0 spiro atoms. The van der Waals surface area contributed by atoms with Crippen LogP contribution in [0.2, 0.25) is 0 Å². The fraction of sp³-hybridized carbons (Fsp3) is 0.286. The number of hydrogen-bond acceptors (Lipinski definition) is 5. The van der Waals surface area contributed by atoms with Crippen molar-refractivity contribution in [1.82, 2.24) is 9.97 Å². The number of aromatic amines is 1. The minimum absolute atomic E-state index is 0.298. The van der Waals surface area contributed by atoms with Gasteiger partial charge in [0.15, 0.2) is 0 Å². The number of anilines is 1. The van der Waals surface area contributed by atoms with Crippen LogP contribution in [-0.4, -0.2) is 31.2 Å². The van der Waals surface area contributed by atoms with Crippen molar-refractivity contribution in [2.24, 2.45) is 0 Å². The maximum Gasteiger partial charge on any atom is 0.251 e. The molecule has 0 atom stereocenters. The summed E-state index contributed by atoms with van der Waals surface area (Å²) < 4.78 is 30.7. The first-order chi connectivity index (χ1) is 10.4. The molecule has 118 valence electrons. The van der Waals surface area contributed by atoms with Crippen molar-refractivity contribution in [2.45, 2.75) is 13.3 Å². The number of sulfonamides is 1. The Hall–Kier alpha value is -2.35. The number of nitrogens with one attached hydrogen (secondary N) is 2. The second kappa shape index (κ2) is 6.61. The average Bonchev–Trinajstić information content (AvgIpc) is 2.44. The van der Waals surface area contributed by atoms with E-state index in [0.717, 1.165) is 12.7 Å². The first-order valence-corrected chi connectivity index (χ1v) is 8.58. The summed E-state index contributed by atoms with van der Waals surface area (Å²) in [6.45, 7) is 2.48. The van der Waals surface area contributed by atoms with E-state index in [1.54, 1.807) is 18.2 Å². The lowest BCUT2D eigenvalue weighted by molar-refractivity contribution is 0.318. The Morgan fingerprint density at radius 2 is 2.09 bits per heavy atom. The minimum Gasteiger partial charge on any atom is -0.493 e. The van der Waals surface area contributed by atoms with Gasteiger partial charge < -0.3 is 9.72 Å². The van der Waals surface area contributed by atoms with Gasteiger partial charge in [-0.05, 0) is 24.6 Å². The van der Waals surface area contributed by atoms with Gasteiger partial charge >= 0.3 is 0 Å². The zero-order chi connectivity index (χ0) is 16.2. The fourth-order valence-electron chi connectivity index (χ4n) is 1.84. The van der Waals surface area contributed by atoms with E-state index in [0.29, 0.717) is 29.4 Å². The summed E-state index contributed by atoms with van der Waals surface area (Å²) in [4.78, 5) is 18.2. The normalized spacial score (nSPS) is 11.2. The number of aromatic nitrogens is 2. The molecule has 0 unspecified atom stereocenters. The molecule has 7 nitrogen and oxygen atoms in total. The number of rotatable bonds is 6. The Morgan fingerprint density at radius 1 is 1.32 bits per heavy atom. The highest BCUT2D eigenvalue weighted by atomic mass is 32.2.